The van der Waals surface area contributed by atoms with E-state index in [1.54, 1.807) is 4.90 Å². The summed E-state index contributed by atoms with van der Waals surface area (Å²) in [6, 6.07) is 18.1. The number of carbonyl (C=O) groups is 2. The van der Waals surface area contributed by atoms with Crippen LogP contribution in [0.3, 0.4) is 0 Å². The maximum atomic E-state index is 13.1. The highest BCUT2D eigenvalue weighted by atomic mass is 16.2. The Morgan fingerprint density at radius 2 is 1.75 bits per heavy atom. The number of nitrogens with zero attached hydrogens (tertiary/aromatic N) is 2. The number of amides is 3. The van der Waals surface area contributed by atoms with Crippen LogP contribution in [-0.4, -0.2) is 36.0 Å². The SMILES string of the molecule is O=C1CCCN1c1ccccc1NC(=O)N1CCCCC1Cc1ccccc1. The van der Waals surface area contributed by atoms with Gasteiger partial charge in [-0.15, -0.1) is 0 Å². The molecule has 28 heavy (non-hydrogen) atoms. The summed E-state index contributed by atoms with van der Waals surface area (Å²) in [6.07, 6.45) is 5.53. The highest BCUT2D eigenvalue weighted by molar-refractivity contribution is 6.01. The number of hydrogen-bond donors (Lipinski definition) is 1. The van der Waals surface area contributed by atoms with Gasteiger partial charge in [-0.2, -0.15) is 0 Å². The van der Waals surface area contributed by atoms with Crippen molar-refractivity contribution in [2.75, 3.05) is 23.3 Å². The summed E-state index contributed by atoms with van der Waals surface area (Å²) in [5.41, 5.74) is 2.78. The maximum Gasteiger partial charge on any atom is 0.322 e. The first-order chi connectivity index (χ1) is 13.7. The highest BCUT2D eigenvalue weighted by Gasteiger charge is 2.29. The van der Waals surface area contributed by atoms with Crippen LogP contribution in [0.15, 0.2) is 54.6 Å². The van der Waals surface area contributed by atoms with E-state index in [0.717, 1.165) is 44.3 Å². The van der Waals surface area contributed by atoms with Gasteiger partial charge in [0.25, 0.3) is 0 Å². The molecule has 5 nitrogen and oxygen atoms in total. The second kappa shape index (κ2) is 8.46. The number of benzene rings is 2. The molecule has 2 aliphatic rings. The molecule has 2 fully saturated rings. The first-order valence-electron chi connectivity index (χ1n) is 10.2. The Balaban J connectivity index is 1.50. The van der Waals surface area contributed by atoms with Crippen molar-refractivity contribution in [3.8, 4) is 0 Å². The van der Waals surface area contributed by atoms with Crippen molar-refractivity contribution in [1.82, 2.24) is 4.90 Å². The molecule has 1 unspecified atom stereocenters. The molecule has 0 saturated carbocycles. The smallest absolute Gasteiger partial charge is 0.321 e. The first kappa shape index (κ1) is 18.5. The molecule has 1 atom stereocenters. The molecule has 2 saturated heterocycles. The van der Waals surface area contributed by atoms with Crippen LogP contribution >= 0.6 is 0 Å². The lowest BCUT2D eigenvalue weighted by Gasteiger charge is -2.36. The first-order valence-corrected chi connectivity index (χ1v) is 10.2. The van der Waals surface area contributed by atoms with Gasteiger partial charge in [-0.25, -0.2) is 4.79 Å². The van der Waals surface area contributed by atoms with Crippen molar-refractivity contribution in [2.24, 2.45) is 0 Å². The van der Waals surface area contributed by atoms with Gasteiger partial charge in [0.2, 0.25) is 5.91 Å². The zero-order valence-corrected chi connectivity index (χ0v) is 16.1. The fourth-order valence-corrected chi connectivity index (χ4v) is 4.27. The van der Waals surface area contributed by atoms with Gasteiger partial charge in [0.1, 0.15) is 0 Å². The lowest BCUT2D eigenvalue weighted by atomic mass is 9.96. The Morgan fingerprint density at radius 1 is 0.964 bits per heavy atom. The van der Waals surface area contributed by atoms with Crippen molar-refractivity contribution in [3.63, 3.8) is 0 Å². The number of rotatable bonds is 4. The van der Waals surface area contributed by atoms with E-state index < -0.39 is 0 Å². The van der Waals surface area contributed by atoms with Crippen LogP contribution in [0.1, 0.15) is 37.7 Å². The van der Waals surface area contributed by atoms with Crippen LogP contribution in [-0.2, 0) is 11.2 Å². The number of hydrogen-bond acceptors (Lipinski definition) is 2. The van der Waals surface area contributed by atoms with Crippen LogP contribution in [0, 0.1) is 0 Å². The molecule has 5 heteroatoms. The number of likely N-dealkylation sites (tertiary alicyclic amines) is 1. The largest absolute Gasteiger partial charge is 0.322 e. The average Bonchev–Trinajstić information content (AvgIpc) is 3.15. The molecular weight excluding hydrogens is 350 g/mol. The zero-order valence-electron chi connectivity index (χ0n) is 16.1. The van der Waals surface area contributed by atoms with Crippen molar-refractivity contribution in [2.45, 2.75) is 44.6 Å². The number of nitrogens with one attached hydrogen (secondary N) is 1. The highest BCUT2D eigenvalue weighted by Crippen LogP contribution is 2.30. The van der Waals surface area contributed by atoms with E-state index in [1.807, 2.05) is 47.4 Å². The third-order valence-electron chi connectivity index (χ3n) is 5.71. The summed E-state index contributed by atoms with van der Waals surface area (Å²) in [4.78, 5) is 29.1. The van der Waals surface area contributed by atoms with Crippen molar-refractivity contribution in [3.05, 3.63) is 60.2 Å². The third kappa shape index (κ3) is 4.03. The average molecular weight is 377 g/mol. The predicted octanol–water partition coefficient (Wildman–Crippen LogP) is 4.44. The van der Waals surface area contributed by atoms with Crippen LogP contribution in [0.2, 0.25) is 0 Å². The molecule has 1 N–H and O–H groups in total. The van der Waals surface area contributed by atoms with E-state index >= 15 is 0 Å². The fourth-order valence-electron chi connectivity index (χ4n) is 4.27. The van der Waals surface area contributed by atoms with Crippen LogP contribution in [0.4, 0.5) is 16.2 Å². The lowest BCUT2D eigenvalue weighted by Crippen LogP contribution is -2.47. The van der Waals surface area contributed by atoms with E-state index in [4.69, 9.17) is 0 Å². The van der Waals surface area contributed by atoms with E-state index in [0.29, 0.717) is 18.7 Å². The lowest BCUT2D eigenvalue weighted by molar-refractivity contribution is -0.117. The normalized spacial score (nSPS) is 19.7. The van der Waals surface area contributed by atoms with Gasteiger partial charge in [0.05, 0.1) is 11.4 Å². The minimum Gasteiger partial charge on any atom is -0.321 e. The standard InChI is InChI=1S/C23H27N3O2/c27-22-14-8-16-26(22)21-13-5-4-12-20(21)24-23(28)25-15-7-6-11-19(25)17-18-9-2-1-3-10-18/h1-5,9-10,12-13,19H,6-8,11,14-17H2,(H,24,28). The molecule has 3 amide bonds. The summed E-state index contributed by atoms with van der Waals surface area (Å²) in [5, 5.41) is 3.09. The quantitative estimate of drug-likeness (QED) is 0.856. The number of urea groups is 1. The Kier molecular flexibility index (Phi) is 5.60. The summed E-state index contributed by atoms with van der Waals surface area (Å²) < 4.78 is 0. The predicted molar refractivity (Wildman–Crippen MR) is 112 cm³/mol. The molecule has 2 aromatic rings. The number of para-hydroxylation sites is 2. The van der Waals surface area contributed by atoms with Gasteiger partial charge in [-0.3, -0.25) is 4.79 Å². The molecule has 2 aliphatic heterocycles. The van der Waals surface area contributed by atoms with E-state index in [-0.39, 0.29) is 18.0 Å². The molecule has 2 aromatic carbocycles. The molecule has 0 aromatic heterocycles. The van der Waals surface area contributed by atoms with Crippen molar-refractivity contribution >= 4 is 23.3 Å². The molecular formula is C23H27N3O2. The number of carbonyl (C=O) groups excluding carboxylic acids is 2. The fraction of sp³-hybridized carbons (Fsp3) is 0.391. The van der Waals surface area contributed by atoms with Crippen LogP contribution in [0.5, 0.6) is 0 Å². The maximum absolute atomic E-state index is 13.1. The van der Waals surface area contributed by atoms with E-state index in [1.165, 1.54) is 5.56 Å². The summed E-state index contributed by atoms with van der Waals surface area (Å²) in [7, 11) is 0. The topological polar surface area (TPSA) is 52.7 Å². The van der Waals surface area contributed by atoms with Gasteiger partial charge in [-0.1, -0.05) is 42.5 Å². The third-order valence-corrected chi connectivity index (χ3v) is 5.71. The minimum absolute atomic E-state index is 0.0697. The summed E-state index contributed by atoms with van der Waals surface area (Å²) >= 11 is 0. The number of piperidine rings is 1. The Labute approximate surface area is 166 Å². The van der Waals surface area contributed by atoms with Crippen molar-refractivity contribution < 1.29 is 9.59 Å². The van der Waals surface area contributed by atoms with Gasteiger partial charge in [-0.05, 0) is 49.8 Å². The van der Waals surface area contributed by atoms with Gasteiger partial charge >= 0.3 is 6.03 Å². The van der Waals surface area contributed by atoms with Gasteiger partial charge < -0.3 is 15.1 Å². The van der Waals surface area contributed by atoms with Gasteiger partial charge in [0.15, 0.2) is 0 Å². The van der Waals surface area contributed by atoms with Crippen molar-refractivity contribution in [1.29, 1.82) is 0 Å². The molecule has 0 bridgehead atoms. The monoisotopic (exact) mass is 377 g/mol. The molecule has 0 spiro atoms. The summed E-state index contributed by atoms with van der Waals surface area (Å²) in [6.45, 7) is 1.49. The second-order valence-corrected chi connectivity index (χ2v) is 7.63. The molecule has 2 heterocycles. The Hall–Kier alpha value is -2.82. The van der Waals surface area contributed by atoms with Gasteiger partial charge in [0, 0.05) is 25.6 Å². The van der Waals surface area contributed by atoms with E-state index in [2.05, 4.69) is 17.4 Å². The molecule has 146 valence electrons. The Bertz CT molecular complexity index is 837. The molecule has 0 radical (unpaired) electrons. The van der Waals surface area contributed by atoms with E-state index in [9.17, 15) is 9.59 Å². The molecule has 0 aliphatic carbocycles. The zero-order chi connectivity index (χ0) is 19.3. The van der Waals surface area contributed by atoms with Crippen LogP contribution in [0.25, 0.3) is 0 Å². The van der Waals surface area contributed by atoms with Crippen LogP contribution < -0.4 is 10.2 Å². The second-order valence-electron chi connectivity index (χ2n) is 7.63. The summed E-state index contributed by atoms with van der Waals surface area (Å²) in [5.74, 6) is 0.127. The minimum atomic E-state index is -0.0697. The Morgan fingerprint density at radius 3 is 2.54 bits per heavy atom. The molecule has 4 rings (SSSR count). The number of anilines is 2.